The van der Waals surface area contributed by atoms with E-state index in [1.54, 1.807) is 29.1 Å². The number of fused-ring (bicyclic) bond motifs is 1. The molecule has 0 aromatic carbocycles. The van der Waals surface area contributed by atoms with Crippen molar-refractivity contribution in [1.82, 2.24) is 24.7 Å². The molecule has 1 aliphatic heterocycles. The predicted molar refractivity (Wildman–Crippen MR) is 121 cm³/mol. The Morgan fingerprint density at radius 1 is 1.06 bits per heavy atom. The van der Waals surface area contributed by atoms with Gasteiger partial charge in [0.15, 0.2) is 23.1 Å². The lowest BCUT2D eigenvalue weighted by Gasteiger charge is -2.29. The Morgan fingerprint density at radius 2 is 1.81 bits per heavy atom. The Morgan fingerprint density at radius 3 is 2.59 bits per heavy atom. The number of aromatic nitrogens is 5. The minimum absolute atomic E-state index is 0.219. The Hall–Kier alpha value is -3.79. The molecule has 0 spiro atoms. The van der Waals surface area contributed by atoms with Crippen LogP contribution in [0, 0.1) is 0 Å². The highest BCUT2D eigenvalue weighted by molar-refractivity contribution is 5.90. The number of nitrogens with zero attached hydrogens (tertiary/aromatic N) is 6. The zero-order chi connectivity index (χ0) is 22.1. The van der Waals surface area contributed by atoms with Crippen molar-refractivity contribution < 1.29 is 9.13 Å². The van der Waals surface area contributed by atoms with E-state index in [0.717, 1.165) is 5.39 Å². The maximum absolute atomic E-state index is 14.5. The minimum atomic E-state index is -0.292. The maximum atomic E-state index is 14.5. The molecule has 3 aromatic rings. The van der Waals surface area contributed by atoms with Gasteiger partial charge in [0.2, 0.25) is 0 Å². The molecule has 0 atom stereocenters. The van der Waals surface area contributed by atoms with E-state index in [1.807, 2.05) is 17.0 Å². The van der Waals surface area contributed by atoms with Crippen LogP contribution in [0.1, 0.15) is 6.42 Å². The number of pyridine rings is 1. The van der Waals surface area contributed by atoms with Crippen molar-refractivity contribution >= 4 is 28.4 Å². The van der Waals surface area contributed by atoms with Crippen LogP contribution in [0.25, 0.3) is 22.6 Å². The zero-order valence-corrected chi connectivity index (χ0v) is 17.4. The van der Waals surface area contributed by atoms with Gasteiger partial charge in [-0.05, 0) is 24.6 Å². The molecule has 3 aromatic heterocycles. The second-order valence-electron chi connectivity index (χ2n) is 7.56. The van der Waals surface area contributed by atoms with Gasteiger partial charge >= 0.3 is 0 Å². The van der Waals surface area contributed by atoms with Crippen LogP contribution in [0.15, 0.2) is 54.0 Å². The van der Waals surface area contributed by atoms with Crippen molar-refractivity contribution in [2.24, 2.45) is 0 Å². The fourth-order valence-corrected chi connectivity index (χ4v) is 3.93. The molecule has 0 amide bonds. The largest absolute Gasteiger partial charge is 0.382 e. The fourth-order valence-electron chi connectivity index (χ4n) is 3.93. The molecular weight excluding hydrogens is 411 g/mol. The van der Waals surface area contributed by atoms with Crippen molar-refractivity contribution in [2.45, 2.75) is 13.0 Å². The van der Waals surface area contributed by atoms with Crippen LogP contribution in [-0.4, -0.2) is 51.0 Å². The molecule has 9 nitrogen and oxygen atoms in total. The molecule has 0 unspecified atom stereocenters. The van der Waals surface area contributed by atoms with Crippen LogP contribution in [0.3, 0.4) is 0 Å². The number of anilines is 3. The number of rotatable bonds is 4. The molecule has 5 rings (SSSR count). The second-order valence-corrected chi connectivity index (χ2v) is 7.56. The van der Waals surface area contributed by atoms with E-state index in [2.05, 4.69) is 20.1 Å². The highest BCUT2D eigenvalue weighted by atomic mass is 19.1. The number of allylic oxidation sites excluding steroid dienone is 6. The molecule has 1 saturated heterocycles. The first-order valence-corrected chi connectivity index (χ1v) is 10.4. The third kappa shape index (κ3) is 3.69. The van der Waals surface area contributed by atoms with E-state index in [1.165, 1.54) is 6.08 Å². The van der Waals surface area contributed by atoms with Crippen molar-refractivity contribution in [1.29, 1.82) is 0 Å². The van der Waals surface area contributed by atoms with Gasteiger partial charge < -0.3 is 21.1 Å². The summed E-state index contributed by atoms with van der Waals surface area (Å²) in [7, 11) is 0. The number of hydrogen-bond donors (Lipinski definition) is 2. The summed E-state index contributed by atoms with van der Waals surface area (Å²) in [6.07, 6.45) is 9.29. The Balaban J connectivity index is 1.57. The van der Waals surface area contributed by atoms with Crippen LogP contribution in [0.2, 0.25) is 0 Å². The van der Waals surface area contributed by atoms with Crippen LogP contribution in [-0.2, 0) is 11.3 Å². The summed E-state index contributed by atoms with van der Waals surface area (Å²) in [6, 6.07) is 3.68. The number of hydrogen-bond acceptors (Lipinski definition) is 8. The van der Waals surface area contributed by atoms with Gasteiger partial charge in [0, 0.05) is 24.9 Å². The fraction of sp³-hybridized carbons (Fsp3) is 0.273. The van der Waals surface area contributed by atoms with E-state index < -0.39 is 0 Å². The first-order chi connectivity index (χ1) is 15.6. The van der Waals surface area contributed by atoms with Gasteiger partial charge in [0.1, 0.15) is 17.2 Å². The summed E-state index contributed by atoms with van der Waals surface area (Å²) in [5.41, 5.74) is 14.8. The second kappa shape index (κ2) is 8.39. The van der Waals surface area contributed by atoms with Gasteiger partial charge in [-0.3, -0.25) is 0 Å². The molecule has 1 fully saturated rings. The average Bonchev–Trinajstić information content (AvgIpc) is 3.04. The lowest BCUT2D eigenvalue weighted by molar-refractivity contribution is 0.123. The number of nitrogen functional groups attached to an aromatic ring is 2. The molecule has 0 bridgehead atoms. The van der Waals surface area contributed by atoms with Gasteiger partial charge in [-0.2, -0.15) is 5.10 Å². The summed E-state index contributed by atoms with van der Waals surface area (Å²) in [5.74, 6) is 0.581. The van der Waals surface area contributed by atoms with E-state index >= 15 is 0 Å². The average molecular weight is 434 g/mol. The number of nitrogens with two attached hydrogens (primary N) is 2. The summed E-state index contributed by atoms with van der Waals surface area (Å²) in [5, 5.41) is 5.40. The van der Waals surface area contributed by atoms with Gasteiger partial charge in [-0.15, -0.1) is 0 Å². The number of halogens is 1. The highest BCUT2D eigenvalue weighted by Crippen LogP contribution is 2.33. The zero-order valence-electron chi connectivity index (χ0n) is 17.4. The van der Waals surface area contributed by atoms with Crippen molar-refractivity contribution in [3.8, 4) is 11.5 Å². The first-order valence-electron chi connectivity index (χ1n) is 10.4. The number of morpholine rings is 1. The van der Waals surface area contributed by atoms with Gasteiger partial charge in [-0.25, -0.2) is 24.0 Å². The summed E-state index contributed by atoms with van der Waals surface area (Å²) in [4.78, 5) is 15.5. The van der Waals surface area contributed by atoms with Gasteiger partial charge in [-0.1, -0.05) is 18.2 Å². The summed E-state index contributed by atoms with van der Waals surface area (Å²) in [6.45, 7) is 2.74. The minimum Gasteiger partial charge on any atom is -0.382 e. The van der Waals surface area contributed by atoms with E-state index in [0.29, 0.717) is 61.2 Å². The van der Waals surface area contributed by atoms with E-state index in [9.17, 15) is 4.39 Å². The van der Waals surface area contributed by atoms with Gasteiger partial charge in [0.25, 0.3) is 0 Å². The highest BCUT2D eigenvalue weighted by Gasteiger charge is 2.23. The molecule has 32 heavy (non-hydrogen) atoms. The van der Waals surface area contributed by atoms with E-state index in [-0.39, 0.29) is 24.0 Å². The first kappa shape index (κ1) is 20.1. The molecular formula is C22H23FN8O. The topological polar surface area (TPSA) is 121 Å². The standard InChI is InChI=1S/C22H23FN8O/c23-16-7-3-1-2-5-14(16)13-31-22-15(6-4-8-26-22)17(29-31)21-27-19(24)18(20(25)28-21)30-9-11-32-12-10-30/h2-8H,1,9-13H2,(H4,24,25,27,28). The molecule has 4 heterocycles. The molecule has 10 heteroatoms. The smallest absolute Gasteiger partial charge is 0.184 e. The van der Waals surface area contributed by atoms with Gasteiger partial charge in [0.05, 0.1) is 25.1 Å². The molecule has 0 saturated carbocycles. The van der Waals surface area contributed by atoms with Crippen molar-refractivity contribution in [2.75, 3.05) is 42.7 Å². The predicted octanol–water partition coefficient (Wildman–Crippen LogP) is 2.63. The molecule has 1 aliphatic carbocycles. The molecule has 164 valence electrons. The summed E-state index contributed by atoms with van der Waals surface area (Å²) >= 11 is 0. The van der Waals surface area contributed by atoms with Crippen LogP contribution < -0.4 is 16.4 Å². The molecule has 4 N–H and O–H groups in total. The van der Waals surface area contributed by atoms with Crippen molar-refractivity contribution in [3.63, 3.8) is 0 Å². The quantitative estimate of drug-likeness (QED) is 0.643. The third-order valence-corrected chi connectivity index (χ3v) is 5.47. The monoisotopic (exact) mass is 434 g/mol. The lowest BCUT2D eigenvalue weighted by atomic mass is 10.2. The lowest BCUT2D eigenvalue weighted by Crippen LogP contribution is -2.37. The Bertz CT molecular complexity index is 1230. The van der Waals surface area contributed by atoms with Crippen LogP contribution >= 0.6 is 0 Å². The van der Waals surface area contributed by atoms with Crippen LogP contribution in [0.4, 0.5) is 21.7 Å². The third-order valence-electron chi connectivity index (χ3n) is 5.47. The Kier molecular flexibility index (Phi) is 5.28. The van der Waals surface area contributed by atoms with Crippen molar-refractivity contribution in [3.05, 3.63) is 54.0 Å². The SMILES string of the molecule is Nc1nc(-c2nn(CC3=C(F)C=CCC=C3)c3ncccc23)nc(N)c1N1CCOCC1. The maximum Gasteiger partial charge on any atom is 0.184 e. The van der Waals surface area contributed by atoms with Crippen LogP contribution in [0.5, 0.6) is 0 Å². The normalized spacial score (nSPS) is 16.7. The molecule has 0 radical (unpaired) electrons. The summed E-state index contributed by atoms with van der Waals surface area (Å²) < 4.78 is 21.5. The Labute approximate surface area is 183 Å². The van der Waals surface area contributed by atoms with E-state index in [4.69, 9.17) is 16.2 Å². The molecule has 2 aliphatic rings. The number of ether oxygens (including phenoxy) is 1.